The van der Waals surface area contributed by atoms with E-state index >= 15 is 0 Å². The normalized spacial score (nSPS) is 10.1. The summed E-state index contributed by atoms with van der Waals surface area (Å²) in [4.78, 5) is 26.1. The van der Waals surface area contributed by atoms with Crippen molar-refractivity contribution < 1.29 is 49.4 Å². The molecule has 0 amide bonds. The number of aromatic carboxylic acids is 1. The third kappa shape index (κ3) is 4.88. The van der Waals surface area contributed by atoms with Crippen LogP contribution in [0.2, 0.25) is 0 Å². The molecule has 0 unspecified atom stereocenters. The van der Waals surface area contributed by atoms with E-state index < -0.39 is 17.5 Å². The van der Waals surface area contributed by atoms with Gasteiger partial charge in [0.1, 0.15) is 0 Å². The maximum Gasteiger partial charge on any atom is 1.00 e. The van der Waals surface area contributed by atoms with Crippen molar-refractivity contribution >= 4 is 23.1 Å². The third-order valence-corrected chi connectivity index (χ3v) is 4.59. The van der Waals surface area contributed by atoms with E-state index in [1.807, 2.05) is 43.0 Å². The van der Waals surface area contributed by atoms with E-state index in [1.165, 1.54) is 24.3 Å². The van der Waals surface area contributed by atoms with Crippen LogP contribution >= 0.6 is 0 Å². The Labute approximate surface area is 191 Å². The molecule has 29 heavy (non-hydrogen) atoms. The van der Waals surface area contributed by atoms with Crippen molar-refractivity contribution in [2.24, 2.45) is 0 Å². The summed E-state index contributed by atoms with van der Waals surface area (Å²) in [6.07, 6.45) is 0. The van der Waals surface area contributed by atoms with Gasteiger partial charge in [-0.1, -0.05) is 41.6 Å². The Morgan fingerprint density at radius 3 is 2.03 bits per heavy atom. The van der Waals surface area contributed by atoms with E-state index in [9.17, 15) is 19.8 Å². The monoisotopic (exact) mass is 397 g/mol. The number of hydrogen-bond donors (Lipinski definition) is 1. The molecular formula is C23H20NNaO4. The van der Waals surface area contributed by atoms with Gasteiger partial charge in [-0.3, -0.25) is 4.79 Å². The molecule has 3 aromatic carbocycles. The fourth-order valence-electron chi connectivity index (χ4n) is 3.12. The van der Waals surface area contributed by atoms with Gasteiger partial charge >= 0.3 is 35.5 Å². The van der Waals surface area contributed by atoms with Crippen molar-refractivity contribution in [1.29, 1.82) is 0 Å². The molecule has 1 N–H and O–H groups in total. The molecule has 0 saturated carbocycles. The zero-order valence-electron chi connectivity index (χ0n) is 16.7. The van der Waals surface area contributed by atoms with Gasteiger partial charge in [0.25, 0.3) is 0 Å². The summed E-state index contributed by atoms with van der Waals surface area (Å²) in [5, 5.41) is 21.9. The van der Waals surface area contributed by atoms with E-state index in [2.05, 4.69) is 0 Å². The fraction of sp³-hybridized carbons (Fsp3) is 0.130. The molecule has 0 aliphatic heterocycles. The molecule has 0 aliphatic rings. The summed E-state index contributed by atoms with van der Waals surface area (Å²) in [6, 6.07) is 18.4. The van der Waals surface area contributed by atoms with Crippen LogP contribution in [0.5, 0.6) is 5.75 Å². The number of nitrogens with zero attached hydrogens (tertiary/aromatic N) is 1. The molecule has 0 fully saturated rings. The molecule has 6 heteroatoms. The molecule has 0 heterocycles. The van der Waals surface area contributed by atoms with Crippen molar-refractivity contribution in [1.82, 2.24) is 0 Å². The maximum absolute atomic E-state index is 12.8. The molecule has 3 aromatic rings. The van der Waals surface area contributed by atoms with E-state index in [0.29, 0.717) is 12.2 Å². The number of carboxylic acid groups (broad SMARTS) is 1. The number of carbonyl (C=O) groups is 2. The van der Waals surface area contributed by atoms with E-state index in [-0.39, 0.29) is 46.2 Å². The predicted molar refractivity (Wildman–Crippen MR) is 107 cm³/mol. The van der Waals surface area contributed by atoms with Crippen LogP contribution in [0.1, 0.15) is 38.8 Å². The first-order valence-electron chi connectivity index (χ1n) is 8.94. The molecule has 142 valence electrons. The Kier molecular flexibility index (Phi) is 7.62. The Balaban J connectivity index is 0.00000300. The average molecular weight is 397 g/mol. The second kappa shape index (κ2) is 9.74. The molecule has 0 bridgehead atoms. The molecule has 0 aromatic heterocycles. The number of ketones is 1. The second-order valence-electron chi connectivity index (χ2n) is 6.44. The largest absolute Gasteiger partial charge is 1.00 e. The van der Waals surface area contributed by atoms with Gasteiger partial charge in [0.15, 0.2) is 5.78 Å². The van der Waals surface area contributed by atoms with Crippen LogP contribution in [-0.4, -0.2) is 23.4 Å². The van der Waals surface area contributed by atoms with Crippen molar-refractivity contribution in [2.75, 3.05) is 11.4 Å². The SMILES string of the molecule is CCN(c1ccc(C)cc1)c1ccc(C(=O)c2ccccc2C(=O)O)c([O-])c1.[Na+]. The van der Waals surface area contributed by atoms with Crippen LogP contribution in [0.25, 0.3) is 0 Å². The zero-order valence-corrected chi connectivity index (χ0v) is 18.7. The minimum Gasteiger partial charge on any atom is -0.872 e. The van der Waals surface area contributed by atoms with Gasteiger partial charge in [-0.05, 0) is 50.2 Å². The Morgan fingerprint density at radius 1 is 0.897 bits per heavy atom. The number of carbonyl (C=O) groups excluding carboxylic acids is 1. The van der Waals surface area contributed by atoms with Crippen molar-refractivity contribution in [2.45, 2.75) is 13.8 Å². The third-order valence-electron chi connectivity index (χ3n) is 4.59. The van der Waals surface area contributed by atoms with Crippen molar-refractivity contribution in [3.05, 3.63) is 89.0 Å². The molecule has 0 radical (unpaired) electrons. The van der Waals surface area contributed by atoms with Gasteiger partial charge in [0.05, 0.1) is 5.56 Å². The fourth-order valence-corrected chi connectivity index (χ4v) is 3.12. The first kappa shape index (κ1) is 22.7. The minimum absolute atomic E-state index is 0. The maximum atomic E-state index is 12.8. The van der Waals surface area contributed by atoms with Crippen LogP contribution in [-0.2, 0) is 0 Å². The summed E-state index contributed by atoms with van der Waals surface area (Å²) in [5.74, 6) is -2.23. The van der Waals surface area contributed by atoms with Crippen LogP contribution in [0, 0.1) is 6.92 Å². The Bertz CT molecular complexity index is 1030. The minimum atomic E-state index is -1.20. The number of aryl methyl sites for hydroxylation is 1. The first-order valence-corrected chi connectivity index (χ1v) is 8.94. The molecular weight excluding hydrogens is 377 g/mol. The molecule has 0 spiro atoms. The van der Waals surface area contributed by atoms with Gasteiger partial charge < -0.3 is 15.1 Å². The van der Waals surface area contributed by atoms with Crippen LogP contribution in [0.4, 0.5) is 11.4 Å². The molecule has 0 saturated heterocycles. The topological polar surface area (TPSA) is 80.7 Å². The first-order chi connectivity index (χ1) is 13.4. The van der Waals surface area contributed by atoms with Gasteiger partial charge in [-0.15, -0.1) is 0 Å². The van der Waals surface area contributed by atoms with Gasteiger partial charge in [-0.2, -0.15) is 0 Å². The van der Waals surface area contributed by atoms with Crippen LogP contribution < -0.4 is 39.6 Å². The Hall–Kier alpha value is -2.60. The standard InChI is InChI=1S/C23H21NO4.Na/c1-3-24(16-10-8-15(2)9-11-16)17-12-13-20(21(25)14-17)22(26)18-6-4-5-7-19(18)23(27)28;/h4-14,25H,3H2,1-2H3,(H,27,28);/q;+1/p-1. The van der Waals surface area contributed by atoms with Gasteiger partial charge in [-0.25, -0.2) is 4.79 Å². The Morgan fingerprint density at radius 2 is 1.48 bits per heavy atom. The molecule has 3 rings (SSSR count). The number of rotatable bonds is 6. The summed E-state index contributed by atoms with van der Waals surface area (Å²) in [5.41, 5.74) is 2.61. The summed E-state index contributed by atoms with van der Waals surface area (Å²) in [6.45, 7) is 4.63. The summed E-state index contributed by atoms with van der Waals surface area (Å²) >= 11 is 0. The van der Waals surface area contributed by atoms with E-state index in [1.54, 1.807) is 18.2 Å². The smallest absolute Gasteiger partial charge is 0.872 e. The average Bonchev–Trinajstić information content (AvgIpc) is 2.69. The summed E-state index contributed by atoms with van der Waals surface area (Å²) < 4.78 is 0. The van der Waals surface area contributed by atoms with Gasteiger partial charge in [0, 0.05) is 29.0 Å². The quantitative estimate of drug-likeness (QED) is 0.499. The van der Waals surface area contributed by atoms with Crippen LogP contribution in [0.3, 0.4) is 0 Å². The summed E-state index contributed by atoms with van der Waals surface area (Å²) in [7, 11) is 0. The number of anilines is 2. The molecule has 5 nitrogen and oxygen atoms in total. The number of hydrogen-bond acceptors (Lipinski definition) is 4. The number of benzene rings is 3. The van der Waals surface area contributed by atoms with E-state index in [0.717, 1.165) is 11.3 Å². The molecule has 0 aliphatic carbocycles. The number of carboxylic acids is 1. The zero-order chi connectivity index (χ0) is 20.3. The van der Waals surface area contributed by atoms with Crippen LogP contribution in [0.15, 0.2) is 66.7 Å². The van der Waals surface area contributed by atoms with E-state index in [4.69, 9.17) is 0 Å². The second-order valence-corrected chi connectivity index (χ2v) is 6.44. The predicted octanol–water partition coefficient (Wildman–Crippen LogP) is 1.16. The van der Waals surface area contributed by atoms with Crippen molar-refractivity contribution in [3.63, 3.8) is 0 Å². The van der Waals surface area contributed by atoms with Crippen molar-refractivity contribution in [3.8, 4) is 5.75 Å². The van der Waals surface area contributed by atoms with Gasteiger partial charge in [0.2, 0.25) is 0 Å². The molecule has 0 atom stereocenters.